The van der Waals surface area contributed by atoms with E-state index in [9.17, 15) is 14.3 Å². The summed E-state index contributed by atoms with van der Waals surface area (Å²) >= 11 is 0. The third-order valence-electron chi connectivity index (χ3n) is 2.92. The molecule has 0 bridgehead atoms. The van der Waals surface area contributed by atoms with Gasteiger partial charge in [-0.15, -0.1) is 0 Å². The average Bonchev–Trinajstić information content (AvgIpc) is 2.42. The molecule has 0 aliphatic heterocycles. The number of aromatic hydroxyl groups is 1. The number of hydrogen-bond acceptors (Lipinski definition) is 3. The predicted molar refractivity (Wildman–Crippen MR) is 76.3 cm³/mol. The van der Waals surface area contributed by atoms with E-state index in [1.807, 2.05) is 0 Å². The van der Waals surface area contributed by atoms with Gasteiger partial charge in [-0.3, -0.25) is 4.79 Å². The number of rotatable bonds is 3. The first-order chi connectivity index (χ1) is 9.52. The van der Waals surface area contributed by atoms with E-state index >= 15 is 0 Å². The molecule has 0 unspecified atom stereocenters. The van der Waals surface area contributed by atoms with Crippen LogP contribution in [0.5, 0.6) is 5.75 Å². The zero-order valence-electron chi connectivity index (χ0n) is 11.0. The first-order valence-corrected chi connectivity index (χ1v) is 6.19. The van der Waals surface area contributed by atoms with Gasteiger partial charge in [0.15, 0.2) is 0 Å². The van der Waals surface area contributed by atoms with Crippen molar-refractivity contribution in [1.82, 2.24) is 0 Å². The monoisotopic (exact) mass is 274 g/mol. The van der Waals surface area contributed by atoms with E-state index in [4.69, 9.17) is 5.73 Å². The van der Waals surface area contributed by atoms with Crippen molar-refractivity contribution in [3.8, 4) is 5.75 Å². The first kappa shape index (κ1) is 13.9. The number of carbonyl (C=O) groups excluding carboxylic acids is 1. The van der Waals surface area contributed by atoms with E-state index in [-0.39, 0.29) is 11.3 Å². The molecule has 0 saturated heterocycles. The fourth-order valence-corrected chi connectivity index (χ4v) is 1.96. The van der Waals surface area contributed by atoms with Gasteiger partial charge in [0.05, 0.1) is 5.56 Å². The molecule has 0 aliphatic carbocycles. The molecule has 0 saturated carbocycles. The van der Waals surface area contributed by atoms with Crippen molar-refractivity contribution in [2.24, 2.45) is 0 Å². The van der Waals surface area contributed by atoms with Crippen LogP contribution in [0.2, 0.25) is 0 Å². The van der Waals surface area contributed by atoms with Crippen LogP contribution in [-0.4, -0.2) is 17.6 Å². The molecule has 0 fully saturated rings. The number of phenolic OH excluding ortho intramolecular Hbond substituents is 1. The van der Waals surface area contributed by atoms with E-state index in [1.165, 1.54) is 35.2 Å². The number of benzene rings is 2. The van der Waals surface area contributed by atoms with Crippen molar-refractivity contribution < 1.29 is 14.3 Å². The molecule has 4 nitrogen and oxygen atoms in total. The van der Waals surface area contributed by atoms with E-state index < -0.39 is 11.7 Å². The Hall–Kier alpha value is -2.56. The second-order valence-corrected chi connectivity index (χ2v) is 4.31. The Labute approximate surface area is 116 Å². The lowest BCUT2D eigenvalue weighted by Gasteiger charge is -2.21. The molecule has 0 spiro atoms. The maximum atomic E-state index is 13.8. The summed E-state index contributed by atoms with van der Waals surface area (Å²) in [5, 5.41) is 9.48. The SMILES string of the molecule is CCN(C(=O)c1cc(N)ccc1F)c1cccc(O)c1. The molecule has 3 N–H and O–H groups in total. The molecule has 0 atom stereocenters. The van der Waals surface area contributed by atoms with Gasteiger partial charge >= 0.3 is 0 Å². The molecule has 1 amide bonds. The first-order valence-electron chi connectivity index (χ1n) is 6.19. The number of nitrogens with zero attached hydrogens (tertiary/aromatic N) is 1. The maximum absolute atomic E-state index is 13.8. The van der Waals surface area contributed by atoms with Gasteiger partial charge in [-0.2, -0.15) is 0 Å². The lowest BCUT2D eigenvalue weighted by atomic mass is 10.1. The molecule has 0 radical (unpaired) electrons. The zero-order chi connectivity index (χ0) is 14.7. The molecule has 2 aromatic carbocycles. The number of nitrogen functional groups attached to an aromatic ring is 1. The average molecular weight is 274 g/mol. The summed E-state index contributed by atoms with van der Waals surface area (Å²) in [7, 11) is 0. The quantitative estimate of drug-likeness (QED) is 0.846. The van der Waals surface area contributed by atoms with Crippen molar-refractivity contribution in [2.75, 3.05) is 17.2 Å². The molecule has 2 aromatic rings. The van der Waals surface area contributed by atoms with Crippen LogP contribution >= 0.6 is 0 Å². The van der Waals surface area contributed by atoms with Crippen LogP contribution in [0.4, 0.5) is 15.8 Å². The van der Waals surface area contributed by atoms with Gasteiger partial charge in [0.2, 0.25) is 0 Å². The Kier molecular flexibility index (Phi) is 3.89. The minimum absolute atomic E-state index is 0.0433. The molecule has 2 rings (SSSR count). The Morgan fingerprint density at radius 2 is 2.05 bits per heavy atom. The Morgan fingerprint density at radius 1 is 1.30 bits per heavy atom. The fraction of sp³-hybridized carbons (Fsp3) is 0.133. The van der Waals surface area contributed by atoms with E-state index in [1.54, 1.807) is 19.1 Å². The molecule has 0 heterocycles. The highest BCUT2D eigenvalue weighted by Gasteiger charge is 2.20. The lowest BCUT2D eigenvalue weighted by Crippen LogP contribution is -2.31. The number of amides is 1. The predicted octanol–water partition coefficient (Wildman–Crippen LogP) is 2.78. The highest BCUT2D eigenvalue weighted by atomic mass is 19.1. The zero-order valence-corrected chi connectivity index (χ0v) is 11.0. The van der Waals surface area contributed by atoms with E-state index in [2.05, 4.69) is 0 Å². The summed E-state index contributed by atoms with van der Waals surface area (Å²) in [4.78, 5) is 13.8. The standard InChI is InChI=1S/C15H15FN2O2/c1-2-18(11-4-3-5-12(19)9-11)15(20)13-8-10(17)6-7-14(13)16/h3-9,19H,2,17H2,1H3. The van der Waals surface area contributed by atoms with Crippen LogP contribution in [-0.2, 0) is 0 Å². The summed E-state index contributed by atoms with van der Waals surface area (Å²) in [6.07, 6.45) is 0. The van der Waals surface area contributed by atoms with Crippen molar-refractivity contribution >= 4 is 17.3 Å². The second-order valence-electron chi connectivity index (χ2n) is 4.31. The summed E-state index contributed by atoms with van der Waals surface area (Å²) < 4.78 is 13.8. The smallest absolute Gasteiger partial charge is 0.261 e. The molecule has 0 aromatic heterocycles. The van der Waals surface area contributed by atoms with Gasteiger partial charge in [-0.05, 0) is 37.3 Å². The second kappa shape index (κ2) is 5.61. The van der Waals surface area contributed by atoms with Crippen molar-refractivity contribution in [3.05, 3.63) is 53.8 Å². The van der Waals surface area contributed by atoms with Crippen molar-refractivity contribution in [2.45, 2.75) is 6.92 Å². The van der Waals surface area contributed by atoms with Crippen LogP contribution in [0.25, 0.3) is 0 Å². The Balaban J connectivity index is 2.41. The maximum Gasteiger partial charge on any atom is 0.261 e. The number of hydrogen-bond donors (Lipinski definition) is 2. The summed E-state index contributed by atoms with van der Waals surface area (Å²) in [6, 6.07) is 10.1. The molecule has 0 aliphatic rings. The van der Waals surface area contributed by atoms with E-state index in [0.29, 0.717) is 17.9 Å². The third-order valence-corrected chi connectivity index (χ3v) is 2.92. The largest absolute Gasteiger partial charge is 0.508 e. The van der Waals surface area contributed by atoms with E-state index in [0.717, 1.165) is 0 Å². The summed E-state index contributed by atoms with van der Waals surface area (Å²) in [5.41, 5.74) is 6.32. The summed E-state index contributed by atoms with van der Waals surface area (Å²) in [6.45, 7) is 2.11. The number of phenols is 1. The van der Waals surface area contributed by atoms with Crippen LogP contribution in [0, 0.1) is 5.82 Å². The van der Waals surface area contributed by atoms with Crippen molar-refractivity contribution in [3.63, 3.8) is 0 Å². The number of anilines is 2. The van der Waals surface area contributed by atoms with Crippen LogP contribution in [0.15, 0.2) is 42.5 Å². The summed E-state index contributed by atoms with van der Waals surface area (Å²) in [5.74, 6) is -1.08. The van der Waals surface area contributed by atoms with Gasteiger partial charge in [0.1, 0.15) is 11.6 Å². The Bertz CT molecular complexity index is 644. The van der Waals surface area contributed by atoms with Gasteiger partial charge in [-0.25, -0.2) is 4.39 Å². The van der Waals surface area contributed by atoms with Crippen LogP contribution in [0.1, 0.15) is 17.3 Å². The normalized spacial score (nSPS) is 10.3. The minimum Gasteiger partial charge on any atom is -0.508 e. The van der Waals surface area contributed by atoms with Gasteiger partial charge in [0.25, 0.3) is 5.91 Å². The van der Waals surface area contributed by atoms with Crippen LogP contribution in [0.3, 0.4) is 0 Å². The highest BCUT2D eigenvalue weighted by molar-refractivity contribution is 6.06. The number of nitrogens with two attached hydrogens (primary N) is 1. The molecular formula is C15H15FN2O2. The minimum atomic E-state index is -0.622. The van der Waals surface area contributed by atoms with Crippen molar-refractivity contribution in [1.29, 1.82) is 0 Å². The molecule has 104 valence electrons. The fourth-order valence-electron chi connectivity index (χ4n) is 1.96. The van der Waals surface area contributed by atoms with Gasteiger partial charge in [-0.1, -0.05) is 6.07 Å². The van der Waals surface area contributed by atoms with Gasteiger partial charge in [0, 0.05) is 24.0 Å². The molecule has 5 heteroatoms. The lowest BCUT2D eigenvalue weighted by molar-refractivity contribution is 0.0984. The highest BCUT2D eigenvalue weighted by Crippen LogP contribution is 2.23. The Morgan fingerprint density at radius 3 is 2.70 bits per heavy atom. The van der Waals surface area contributed by atoms with Crippen LogP contribution < -0.4 is 10.6 Å². The number of halogens is 1. The van der Waals surface area contributed by atoms with Gasteiger partial charge < -0.3 is 15.7 Å². The molecular weight excluding hydrogens is 259 g/mol. The third kappa shape index (κ3) is 2.71. The topological polar surface area (TPSA) is 66.6 Å². The number of carbonyl (C=O) groups is 1. The molecule has 20 heavy (non-hydrogen) atoms.